The van der Waals surface area contributed by atoms with E-state index in [2.05, 4.69) is 18.2 Å². The lowest BCUT2D eigenvalue weighted by atomic mass is 10.1. The molecule has 0 radical (unpaired) electrons. The summed E-state index contributed by atoms with van der Waals surface area (Å²) >= 11 is 7.78. The summed E-state index contributed by atoms with van der Waals surface area (Å²) < 4.78 is 5.72. The number of rotatable bonds is 4. The molecule has 5 heteroatoms. The van der Waals surface area contributed by atoms with Crippen LogP contribution in [0.5, 0.6) is 5.75 Å². The second-order valence-electron chi connectivity index (χ2n) is 6.22. The van der Waals surface area contributed by atoms with Crippen molar-refractivity contribution in [2.75, 3.05) is 17.3 Å². The second-order valence-corrected chi connectivity index (χ2v) is 7.71. The average Bonchev–Trinajstić information content (AvgIpc) is 2.72. The summed E-state index contributed by atoms with van der Waals surface area (Å²) in [5.74, 6) is 1.33. The molecule has 1 heterocycles. The van der Waals surface area contributed by atoms with Crippen LogP contribution < -0.4 is 9.64 Å². The van der Waals surface area contributed by atoms with Gasteiger partial charge in [-0.1, -0.05) is 60.1 Å². The normalized spacial score (nSPS) is 15.9. The smallest absolute Gasteiger partial charge is 0.265 e. The maximum atomic E-state index is 13.2. The number of nitrogens with zero attached hydrogens (tertiary/aromatic N) is 1. The first kappa shape index (κ1) is 18.0. The summed E-state index contributed by atoms with van der Waals surface area (Å²) in [5.41, 5.74) is 2.05. The quantitative estimate of drug-likeness (QED) is 0.576. The topological polar surface area (TPSA) is 29.5 Å². The molecular formula is C22H18ClNO2S. The van der Waals surface area contributed by atoms with Gasteiger partial charge < -0.3 is 4.74 Å². The Morgan fingerprint density at radius 2 is 1.81 bits per heavy atom. The number of carbonyl (C=O) groups is 1. The van der Waals surface area contributed by atoms with Gasteiger partial charge in [-0.2, -0.15) is 0 Å². The van der Waals surface area contributed by atoms with Gasteiger partial charge in [0.25, 0.3) is 5.91 Å². The van der Waals surface area contributed by atoms with E-state index < -0.39 is 0 Å². The third-order valence-corrected chi connectivity index (χ3v) is 5.82. The first-order chi connectivity index (χ1) is 13.2. The van der Waals surface area contributed by atoms with Crippen LogP contribution in [0.4, 0.5) is 5.69 Å². The fourth-order valence-corrected chi connectivity index (χ4v) is 4.54. The summed E-state index contributed by atoms with van der Waals surface area (Å²) in [6.45, 7) is -0.0390. The number of carbonyl (C=O) groups excluding carboxylic acids is 1. The van der Waals surface area contributed by atoms with Crippen molar-refractivity contribution in [2.45, 2.75) is 10.9 Å². The Bertz CT molecular complexity index is 948. The maximum absolute atomic E-state index is 13.2. The van der Waals surface area contributed by atoms with Crippen LogP contribution in [0.25, 0.3) is 0 Å². The van der Waals surface area contributed by atoms with Crippen LogP contribution in [-0.4, -0.2) is 18.3 Å². The number of thioether (sulfide) groups is 1. The fourth-order valence-electron chi connectivity index (χ4n) is 3.19. The van der Waals surface area contributed by atoms with E-state index in [1.807, 2.05) is 47.4 Å². The highest BCUT2D eigenvalue weighted by Crippen LogP contribution is 2.43. The zero-order valence-corrected chi connectivity index (χ0v) is 16.1. The van der Waals surface area contributed by atoms with Crippen molar-refractivity contribution in [1.82, 2.24) is 0 Å². The van der Waals surface area contributed by atoms with Crippen LogP contribution in [0, 0.1) is 0 Å². The Morgan fingerprint density at radius 1 is 1.04 bits per heavy atom. The van der Waals surface area contributed by atoms with E-state index in [0.29, 0.717) is 10.8 Å². The van der Waals surface area contributed by atoms with Crippen LogP contribution in [0.15, 0.2) is 83.8 Å². The van der Waals surface area contributed by atoms with E-state index in [9.17, 15) is 4.79 Å². The van der Waals surface area contributed by atoms with E-state index in [1.165, 1.54) is 0 Å². The third kappa shape index (κ3) is 3.97. The van der Waals surface area contributed by atoms with E-state index in [4.69, 9.17) is 16.3 Å². The number of amides is 1. The number of hydrogen-bond acceptors (Lipinski definition) is 3. The van der Waals surface area contributed by atoms with Gasteiger partial charge in [0.1, 0.15) is 5.75 Å². The van der Waals surface area contributed by atoms with Crippen molar-refractivity contribution < 1.29 is 9.53 Å². The van der Waals surface area contributed by atoms with Crippen molar-refractivity contribution in [1.29, 1.82) is 0 Å². The molecule has 0 fully saturated rings. The molecule has 0 bridgehead atoms. The van der Waals surface area contributed by atoms with E-state index in [-0.39, 0.29) is 18.6 Å². The largest absolute Gasteiger partial charge is 0.484 e. The van der Waals surface area contributed by atoms with E-state index >= 15 is 0 Å². The predicted octanol–water partition coefficient (Wildman–Crippen LogP) is 5.60. The molecule has 3 aromatic rings. The molecule has 0 saturated carbocycles. The first-order valence-electron chi connectivity index (χ1n) is 8.69. The molecule has 1 amide bonds. The number of hydrogen-bond donors (Lipinski definition) is 0. The molecule has 3 aromatic carbocycles. The molecule has 1 atom stereocenters. The SMILES string of the molecule is O=C(COc1cccc(Cl)c1)N1c2ccccc2SC[C@H]1c1ccccc1. The summed E-state index contributed by atoms with van der Waals surface area (Å²) in [6.07, 6.45) is 0. The van der Waals surface area contributed by atoms with Crippen molar-refractivity contribution in [3.8, 4) is 5.75 Å². The number of halogens is 1. The molecule has 0 spiro atoms. The summed E-state index contributed by atoms with van der Waals surface area (Å²) in [6, 6.07) is 25.2. The van der Waals surface area contributed by atoms with Gasteiger partial charge in [0, 0.05) is 15.7 Å². The molecule has 0 aliphatic carbocycles. The zero-order chi connectivity index (χ0) is 18.6. The lowest BCUT2D eigenvalue weighted by Crippen LogP contribution is -2.41. The van der Waals surface area contributed by atoms with Gasteiger partial charge in [-0.25, -0.2) is 0 Å². The Hall–Kier alpha value is -2.43. The van der Waals surface area contributed by atoms with Gasteiger partial charge in [-0.3, -0.25) is 9.69 Å². The minimum atomic E-state index is -0.0726. The maximum Gasteiger partial charge on any atom is 0.265 e. The number of para-hydroxylation sites is 1. The third-order valence-electron chi connectivity index (χ3n) is 4.44. The molecule has 3 nitrogen and oxygen atoms in total. The van der Waals surface area contributed by atoms with Crippen LogP contribution in [0.2, 0.25) is 5.02 Å². The van der Waals surface area contributed by atoms with E-state index in [1.54, 1.807) is 30.0 Å². The highest BCUT2D eigenvalue weighted by Gasteiger charge is 2.32. The van der Waals surface area contributed by atoms with Crippen molar-refractivity contribution in [3.05, 3.63) is 89.4 Å². The standard InChI is InChI=1S/C22H18ClNO2S/c23-17-9-6-10-18(13-17)26-14-22(25)24-19-11-4-5-12-21(19)27-15-20(24)16-7-2-1-3-8-16/h1-13,20H,14-15H2/t20-/m0/s1. The van der Waals surface area contributed by atoms with Gasteiger partial charge in [0.2, 0.25) is 0 Å². The monoisotopic (exact) mass is 395 g/mol. The Balaban J connectivity index is 1.62. The molecule has 27 heavy (non-hydrogen) atoms. The van der Waals surface area contributed by atoms with E-state index in [0.717, 1.165) is 21.9 Å². The van der Waals surface area contributed by atoms with Crippen molar-refractivity contribution in [2.24, 2.45) is 0 Å². The molecule has 0 saturated heterocycles. The molecule has 1 aliphatic rings. The van der Waals surface area contributed by atoms with Crippen LogP contribution in [0.3, 0.4) is 0 Å². The molecule has 0 aromatic heterocycles. The molecule has 0 unspecified atom stereocenters. The minimum absolute atomic E-state index is 0.0263. The number of anilines is 1. The highest BCUT2D eigenvalue weighted by atomic mass is 35.5. The second kappa shape index (κ2) is 8.07. The molecule has 0 N–H and O–H groups in total. The summed E-state index contributed by atoms with van der Waals surface area (Å²) in [5, 5.41) is 0.585. The van der Waals surface area contributed by atoms with Crippen molar-refractivity contribution >= 4 is 35.0 Å². The van der Waals surface area contributed by atoms with Gasteiger partial charge in [-0.15, -0.1) is 11.8 Å². The molecular weight excluding hydrogens is 378 g/mol. The fraction of sp³-hybridized carbons (Fsp3) is 0.136. The number of fused-ring (bicyclic) bond motifs is 1. The zero-order valence-electron chi connectivity index (χ0n) is 14.5. The predicted molar refractivity (Wildman–Crippen MR) is 111 cm³/mol. The van der Waals surface area contributed by atoms with Crippen LogP contribution in [-0.2, 0) is 4.79 Å². The number of benzene rings is 3. The van der Waals surface area contributed by atoms with Crippen LogP contribution in [0.1, 0.15) is 11.6 Å². The molecule has 4 rings (SSSR count). The Morgan fingerprint density at radius 3 is 2.63 bits per heavy atom. The lowest BCUT2D eigenvalue weighted by Gasteiger charge is -2.37. The van der Waals surface area contributed by atoms with Crippen LogP contribution >= 0.6 is 23.4 Å². The summed E-state index contributed by atoms with van der Waals surface area (Å²) in [7, 11) is 0. The average molecular weight is 396 g/mol. The van der Waals surface area contributed by atoms with Gasteiger partial charge >= 0.3 is 0 Å². The highest BCUT2D eigenvalue weighted by molar-refractivity contribution is 7.99. The van der Waals surface area contributed by atoms with Gasteiger partial charge in [0.15, 0.2) is 6.61 Å². The molecule has 136 valence electrons. The molecule has 1 aliphatic heterocycles. The van der Waals surface area contributed by atoms with Gasteiger partial charge in [0.05, 0.1) is 11.7 Å². The number of ether oxygens (including phenoxy) is 1. The Labute approximate surface area is 167 Å². The summed E-state index contributed by atoms with van der Waals surface area (Å²) in [4.78, 5) is 16.1. The Kier molecular flexibility index (Phi) is 5.37. The lowest BCUT2D eigenvalue weighted by molar-refractivity contribution is -0.121. The van der Waals surface area contributed by atoms with Gasteiger partial charge in [-0.05, 0) is 35.9 Å². The minimum Gasteiger partial charge on any atom is -0.484 e. The van der Waals surface area contributed by atoms with Crippen molar-refractivity contribution in [3.63, 3.8) is 0 Å². The first-order valence-corrected chi connectivity index (χ1v) is 10.1.